The molecule has 0 radical (unpaired) electrons. The van der Waals surface area contributed by atoms with Crippen LogP contribution in [0, 0.1) is 11.8 Å². The number of hydrogen-bond donors (Lipinski definition) is 3. The molecule has 40 heavy (non-hydrogen) atoms. The fourth-order valence-corrected chi connectivity index (χ4v) is 9.12. The summed E-state index contributed by atoms with van der Waals surface area (Å²) in [6.45, 7) is 6.20. The number of aliphatic hydroxyl groups excluding tert-OH is 1. The summed E-state index contributed by atoms with van der Waals surface area (Å²) in [6, 6.07) is 15.1. The predicted octanol–water partition coefficient (Wildman–Crippen LogP) is 4.15. The number of anilines is 1. The lowest BCUT2D eigenvalue weighted by Crippen LogP contribution is -2.56. The quantitative estimate of drug-likeness (QED) is 0.378. The van der Waals surface area contributed by atoms with Gasteiger partial charge in [-0.1, -0.05) is 43.7 Å². The third-order valence-corrected chi connectivity index (χ3v) is 10.5. The summed E-state index contributed by atoms with van der Waals surface area (Å²) in [5.41, 5.74) is 1.40. The van der Waals surface area contributed by atoms with E-state index >= 15 is 0 Å². The van der Waals surface area contributed by atoms with Crippen LogP contribution >= 0.6 is 11.8 Å². The van der Waals surface area contributed by atoms with E-state index < -0.39 is 28.7 Å². The van der Waals surface area contributed by atoms with Crippen LogP contribution in [0.2, 0.25) is 0 Å². The van der Waals surface area contributed by atoms with Crippen molar-refractivity contribution >= 4 is 35.2 Å². The van der Waals surface area contributed by atoms with E-state index in [1.165, 1.54) is 0 Å². The van der Waals surface area contributed by atoms with Crippen molar-refractivity contribution in [3.63, 3.8) is 0 Å². The van der Waals surface area contributed by atoms with E-state index in [0.29, 0.717) is 18.7 Å². The van der Waals surface area contributed by atoms with Crippen molar-refractivity contribution in [1.29, 1.82) is 0 Å². The van der Waals surface area contributed by atoms with Crippen LogP contribution < -0.4 is 15.4 Å². The minimum atomic E-state index is -0.778. The average Bonchev–Trinajstić information content (AvgIpc) is 3.59. The van der Waals surface area contributed by atoms with Gasteiger partial charge >= 0.3 is 0 Å². The first-order valence-corrected chi connectivity index (χ1v) is 15.2. The molecule has 3 fully saturated rings. The third-order valence-electron chi connectivity index (χ3n) is 8.53. The standard InChI is InChI=1S/C31H39N3O5S/c1-4-9-19(3)32-29(37)27-31-17-16-24(40-31)25(28(36)33-21-12-14-22(15-13-21)39-5-2)26(31)30(38)34(27)23(18-35)20-10-7-6-8-11-20/h6-8,10-15,19,23-27,35H,4-5,9,16-18H2,1-3H3,(H,32,37)(H,33,36)/t19?,23-,24+,25-,26+,27?,31?/m1/s1. The Morgan fingerprint density at radius 1 is 1.12 bits per heavy atom. The van der Waals surface area contributed by atoms with E-state index in [2.05, 4.69) is 17.6 Å². The largest absolute Gasteiger partial charge is 0.494 e. The van der Waals surface area contributed by atoms with Crippen molar-refractivity contribution in [2.75, 3.05) is 18.5 Å². The van der Waals surface area contributed by atoms with Gasteiger partial charge in [0.15, 0.2) is 0 Å². The molecular weight excluding hydrogens is 526 g/mol. The van der Waals surface area contributed by atoms with Gasteiger partial charge in [-0.15, -0.1) is 11.8 Å². The number of nitrogens with one attached hydrogen (secondary N) is 2. The smallest absolute Gasteiger partial charge is 0.244 e. The highest BCUT2D eigenvalue weighted by Gasteiger charge is 2.74. The Morgan fingerprint density at radius 2 is 1.85 bits per heavy atom. The van der Waals surface area contributed by atoms with Gasteiger partial charge in [0.1, 0.15) is 11.8 Å². The SMILES string of the molecule is CCCC(C)NC(=O)C1N([C@H](CO)c2ccccc2)C(=O)[C@@H]2[C@H](C(=O)Nc3ccc(OCC)cc3)[C@@H]3CCC12S3. The fourth-order valence-electron chi connectivity index (χ4n) is 6.91. The molecule has 214 valence electrons. The zero-order valence-electron chi connectivity index (χ0n) is 23.3. The van der Waals surface area contributed by atoms with Crippen LogP contribution in [-0.4, -0.2) is 63.0 Å². The number of nitrogens with zero attached hydrogens (tertiary/aromatic N) is 1. The maximum atomic E-state index is 14.4. The first kappa shape index (κ1) is 28.5. The number of benzene rings is 2. The lowest BCUT2D eigenvalue weighted by molar-refractivity contribution is -0.142. The van der Waals surface area contributed by atoms with Gasteiger partial charge in [-0.3, -0.25) is 14.4 Å². The molecule has 9 heteroatoms. The highest BCUT2D eigenvalue weighted by molar-refractivity contribution is 8.02. The normalized spacial score (nSPS) is 28.2. The summed E-state index contributed by atoms with van der Waals surface area (Å²) in [5.74, 6) is -1.13. The number of thioether (sulfide) groups is 1. The van der Waals surface area contributed by atoms with E-state index in [-0.39, 0.29) is 35.6 Å². The van der Waals surface area contributed by atoms with Crippen LogP contribution in [-0.2, 0) is 14.4 Å². The topological polar surface area (TPSA) is 108 Å². The number of carbonyl (C=O) groups excluding carboxylic acids is 3. The summed E-state index contributed by atoms with van der Waals surface area (Å²) in [5, 5.41) is 16.7. The molecule has 3 unspecified atom stereocenters. The van der Waals surface area contributed by atoms with Crippen molar-refractivity contribution in [3.05, 3.63) is 60.2 Å². The van der Waals surface area contributed by atoms with Crippen LogP contribution in [0.1, 0.15) is 58.1 Å². The van der Waals surface area contributed by atoms with Crippen molar-refractivity contribution < 1.29 is 24.2 Å². The van der Waals surface area contributed by atoms with Gasteiger partial charge < -0.3 is 25.4 Å². The van der Waals surface area contributed by atoms with Crippen LogP contribution in [0.25, 0.3) is 0 Å². The lowest BCUT2D eigenvalue weighted by atomic mass is 9.70. The minimum Gasteiger partial charge on any atom is -0.494 e. The van der Waals surface area contributed by atoms with Crippen LogP contribution in [0.5, 0.6) is 5.75 Å². The molecule has 3 aliphatic heterocycles. The second-order valence-corrected chi connectivity index (χ2v) is 12.7. The average molecular weight is 566 g/mol. The van der Waals surface area contributed by atoms with Crippen LogP contribution in [0.4, 0.5) is 5.69 Å². The van der Waals surface area contributed by atoms with Crippen molar-refractivity contribution in [3.8, 4) is 5.75 Å². The van der Waals surface area contributed by atoms with E-state index in [1.54, 1.807) is 28.8 Å². The van der Waals surface area contributed by atoms with Crippen molar-refractivity contribution in [2.45, 2.75) is 74.6 Å². The summed E-state index contributed by atoms with van der Waals surface area (Å²) in [6.07, 6.45) is 3.19. The second-order valence-electron chi connectivity index (χ2n) is 11.1. The monoisotopic (exact) mass is 565 g/mol. The number of likely N-dealkylation sites (tertiary alicyclic amines) is 1. The van der Waals surface area contributed by atoms with Crippen LogP contribution in [0.15, 0.2) is 54.6 Å². The molecule has 0 aromatic heterocycles. The molecule has 1 spiro atoms. The van der Waals surface area contributed by atoms with Gasteiger partial charge in [0, 0.05) is 17.0 Å². The molecule has 3 heterocycles. The summed E-state index contributed by atoms with van der Waals surface area (Å²) >= 11 is 1.63. The Hall–Kier alpha value is -3.04. The molecular formula is C31H39N3O5S. The molecule has 7 atom stereocenters. The number of fused-ring (bicyclic) bond motifs is 1. The van der Waals surface area contributed by atoms with Gasteiger partial charge in [-0.2, -0.15) is 0 Å². The molecule has 3 amide bonds. The van der Waals surface area contributed by atoms with Gasteiger partial charge in [0.2, 0.25) is 17.7 Å². The van der Waals surface area contributed by atoms with Gasteiger partial charge in [-0.05, 0) is 62.9 Å². The van der Waals surface area contributed by atoms with Crippen molar-refractivity contribution in [2.24, 2.45) is 11.8 Å². The first-order valence-electron chi connectivity index (χ1n) is 14.3. The van der Waals surface area contributed by atoms with Gasteiger partial charge in [0.05, 0.1) is 35.8 Å². The maximum absolute atomic E-state index is 14.4. The van der Waals surface area contributed by atoms with Gasteiger partial charge in [-0.25, -0.2) is 0 Å². The van der Waals surface area contributed by atoms with E-state index in [9.17, 15) is 19.5 Å². The molecule has 2 aromatic carbocycles. The van der Waals surface area contributed by atoms with E-state index in [0.717, 1.165) is 30.6 Å². The Labute approximate surface area is 240 Å². The number of rotatable bonds is 11. The molecule has 3 saturated heterocycles. The molecule has 3 aliphatic rings. The highest BCUT2D eigenvalue weighted by atomic mass is 32.2. The summed E-state index contributed by atoms with van der Waals surface area (Å²) in [7, 11) is 0. The maximum Gasteiger partial charge on any atom is 0.244 e. The third kappa shape index (κ3) is 4.98. The number of aliphatic hydroxyl groups is 1. The molecule has 5 rings (SSSR count). The Morgan fingerprint density at radius 3 is 2.50 bits per heavy atom. The summed E-state index contributed by atoms with van der Waals surface area (Å²) in [4.78, 5) is 43.8. The Balaban J connectivity index is 1.48. The Kier molecular flexibility index (Phi) is 8.42. The van der Waals surface area contributed by atoms with E-state index in [4.69, 9.17) is 4.74 Å². The molecule has 0 aliphatic carbocycles. The fraction of sp³-hybridized carbons (Fsp3) is 0.516. The van der Waals surface area contributed by atoms with Crippen LogP contribution in [0.3, 0.4) is 0 Å². The highest BCUT2D eigenvalue weighted by Crippen LogP contribution is 2.67. The van der Waals surface area contributed by atoms with E-state index in [1.807, 2.05) is 56.3 Å². The molecule has 2 bridgehead atoms. The zero-order valence-corrected chi connectivity index (χ0v) is 24.2. The molecule has 0 saturated carbocycles. The van der Waals surface area contributed by atoms with Gasteiger partial charge in [0.25, 0.3) is 0 Å². The first-order chi connectivity index (χ1) is 19.3. The lowest BCUT2D eigenvalue weighted by Gasteiger charge is -2.37. The minimum absolute atomic E-state index is 0.0449. The predicted molar refractivity (Wildman–Crippen MR) is 156 cm³/mol. The second kappa shape index (κ2) is 11.8. The number of carbonyl (C=O) groups is 3. The van der Waals surface area contributed by atoms with Crippen molar-refractivity contribution in [1.82, 2.24) is 10.2 Å². The molecule has 3 N–H and O–H groups in total. The molecule has 2 aromatic rings. The Bertz CT molecular complexity index is 1230. The zero-order chi connectivity index (χ0) is 28.4. The summed E-state index contributed by atoms with van der Waals surface area (Å²) < 4.78 is 4.79. The molecule has 8 nitrogen and oxygen atoms in total. The number of ether oxygens (including phenoxy) is 1. The number of hydrogen-bond acceptors (Lipinski definition) is 6. The number of amides is 3.